The van der Waals surface area contributed by atoms with E-state index in [1.807, 2.05) is 41.9 Å². The summed E-state index contributed by atoms with van der Waals surface area (Å²) in [6, 6.07) is 2.06. The van der Waals surface area contributed by atoms with Crippen molar-refractivity contribution >= 4 is 16.9 Å². The van der Waals surface area contributed by atoms with E-state index in [1.54, 1.807) is 6.20 Å². The molecule has 1 aliphatic rings. The fourth-order valence-electron chi connectivity index (χ4n) is 3.54. The molecule has 7 nitrogen and oxygen atoms in total. The molecule has 1 aliphatic heterocycles. The van der Waals surface area contributed by atoms with Crippen LogP contribution in [0.1, 0.15) is 40.9 Å². The SMILES string of the molecule is Cc1cnn(C[C@H]2CCCCN2C(=O)c2cnc3n[nH]c(C)c3c2)c1. The molecule has 0 aromatic carbocycles. The maximum atomic E-state index is 13.1. The van der Waals surface area contributed by atoms with Crippen molar-refractivity contribution in [3.8, 4) is 0 Å². The summed E-state index contributed by atoms with van der Waals surface area (Å²) in [7, 11) is 0. The van der Waals surface area contributed by atoms with Crippen molar-refractivity contribution < 1.29 is 4.79 Å². The van der Waals surface area contributed by atoms with Crippen LogP contribution >= 0.6 is 0 Å². The lowest BCUT2D eigenvalue weighted by atomic mass is 10.0. The monoisotopic (exact) mass is 338 g/mol. The van der Waals surface area contributed by atoms with Crippen molar-refractivity contribution in [2.45, 2.75) is 45.7 Å². The van der Waals surface area contributed by atoms with E-state index in [1.165, 1.54) is 0 Å². The van der Waals surface area contributed by atoms with Gasteiger partial charge in [0.1, 0.15) is 0 Å². The van der Waals surface area contributed by atoms with E-state index in [0.717, 1.165) is 49.0 Å². The number of carbonyl (C=O) groups is 1. The topological polar surface area (TPSA) is 79.7 Å². The lowest BCUT2D eigenvalue weighted by Crippen LogP contribution is -2.46. The van der Waals surface area contributed by atoms with Gasteiger partial charge in [0.15, 0.2) is 5.65 Å². The maximum absolute atomic E-state index is 13.1. The highest BCUT2D eigenvalue weighted by atomic mass is 16.2. The van der Waals surface area contributed by atoms with E-state index in [9.17, 15) is 4.79 Å². The highest BCUT2D eigenvalue weighted by molar-refractivity contribution is 5.97. The van der Waals surface area contributed by atoms with Gasteiger partial charge in [0, 0.05) is 30.0 Å². The lowest BCUT2D eigenvalue weighted by molar-refractivity contribution is 0.0583. The van der Waals surface area contributed by atoms with Gasteiger partial charge in [0.2, 0.25) is 0 Å². The normalized spacial score (nSPS) is 18.0. The minimum Gasteiger partial charge on any atom is -0.334 e. The van der Waals surface area contributed by atoms with Crippen molar-refractivity contribution in [3.63, 3.8) is 0 Å². The Morgan fingerprint density at radius 1 is 1.32 bits per heavy atom. The number of aromatic amines is 1. The van der Waals surface area contributed by atoms with Gasteiger partial charge in [0.25, 0.3) is 5.91 Å². The number of aromatic nitrogens is 5. The number of carbonyl (C=O) groups excluding carboxylic acids is 1. The molecule has 7 heteroatoms. The van der Waals surface area contributed by atoms with E-state index in [0.29, 0.717) is 11.2 Å². The number of H-pyrrole nitrogens is 1. The number of hydrogen-bond acceptors (Lipinski definition) is 4. The van der Waals surface area contributed by atoms with Crippen molar-refractivity contribution in [2.75, 3.05) is 6.54 Å². The molecule has 3 aromatic heterocycles. The summed E-state index contributed by atoms with van der Waals surface area (Å²) in [4.78, 5) is 19.4. The fourth-order valence-corrected chi connectivity index (χ4v) is 3.54. The summed E-state index contributed by atoms with van der Waals surface area (Å²) in [5, 5.41) is 12.3. The molecule has 3 aromatic rings. The highest BCUT2D eigenvalue weighted by Gasteiger charge is 2.28. The fraction of sp³-hybridized carbons (Fsp3) is 0.444. The Hall–Kier alpha value is -2.70. The van der Waals surface area contributed by atoms with Crippen LogP contribution in [-0.2, 0) is 6.54 Å². The lowest BCUT2D eigenvalue weighted by Gasteiger charge is -2.35. The van der Waals surface area contributed by atoms with Gasteiger partial charge in [-0.25, -0.2) is 4.98 Å². The second-order valence-corrected chi connectivity index (χ2v) is 6.83. The number of rotatable bonds is 3. The first kappa shape index (κ1) is 15.8. The number of likely N-dealkylation sites (tertiary alicyclic amines) is 1. The molecule has 25 heavy (non-hydrogen) atoms. The number of hydrogen-bond donors (Lipinski definition) is 1. The van der Waals surface area contributed by atoms with E-state index in [2.05, 4.69) is 20.3 Å². The van der Waals surface area contributed by atoms with Gasteiger partial charge in [-0.05, 0) is 44.7 Å². The molecule has 0 spiro atoms. The zero-order chi connectivity index (χ0) is 17.4. The molecule has 130 valence electrons. The van der Waals surface area contributed by atoms with Crippen LogP contribution in [0.5, 0.6) is 0 Å². The predicted molar refractivity (Wildman–Crippen MR) is 94.3 cm³/mol. The number of piperidine rings is 1. The zero-order valence-electron chi connectivity index (χ0n) is 14.6. The molecular weight excluding hydrogens is 316 g/mol. The third-order valence-corrected chi connectivity index (χ3v) is 4.90. The molecule has 4 heterocycles. The second-order valence-electron chi connectivity index (χ2n) is 6.83. The number of pyridine rings is 1. The quantitative estimate of drug-likeness (QED) is 0.795. The van der Waals surface area contributed by atoms with Gasteiger partial charge in [-0.3, -0.25) is 14.6 Å². The van der Waals surface area contributed by atoms with Gasteiger partial charge in [-0.2, -0.15) is 10.2 Å². The number of aryl methyl sites for hydroxylation is 2. The molecule has 0 saturated carbocycles. The molecule has 1 fully saturated rings. The van der Waals surface area contributed by atoms with Gasteiger partial charge < -0.3 is 4.90 Å². The van der Waals surface area contributed by atoms with E-state index < -0.39 is 0 Å². The minimum absolute atomic E-state index is 0.0450. The number of nitrogens with one attached hydrogen (secondary N) is 1. The highest BCUT2D eigenvalue weighted by Crippen LogP contribution is 2.22. The van der Waals surface area contributed by atoms with Crippen LogP contribution in [-0.4, -0.2) is 48.4 Å². The van der Waals surface area contributed by atoms with Crippen molar-refractivity contribution in [2.24, 2.45) is 0 Å². The zero-order valence-corrected chi connectivity index (χ0v) is 14.6. The molecule has 0 unspecified atom stereocenters. The van der Waals surface area contributed by atoms with E-state index in [-0.39, 0.29) is 11.9 Å². The minimum atomic E-state index is 0.0450. The third kappa shape index (κ3) is 3.01. The molecule has 0 aliphatic carbocycles. The molecule has 4 rings (SSSR count). The first-order chi connectivity index (χ1) is 12.1. The van der Waals surface area contributed by atoms with Crippen LogP contribution < -0.4 is 0 Å². The molecule has 1 atom stereocenters. The number of amides is 1. The molecule has 1 saturated heterocycles. The molecule has 0 bridgehead atoms. The van der Waals surface area contributed by atoms with Crippen molar-refractivity contribution in [3.05, 3.63) is 41.5 Å². The Balaban J connectivity index is 1.59. The molecule has 1 N–H and O–H groups in total. The summed E-state index contributed by atoms with van der Waals surface area (Å²) < 4.78 is 1.94. The summed E-state index contributed by atoms with van der Waals surface area (Å²) in [6.45, 7) is 5.49. The van der Waals surface area contributed by atoms with Crippen LogP contribution in [0, 0.1) is 13.8 Å². The van der Waals surface area contributed by atoms with Crippen LogP contribution in [0.3, 0.4) is 0 Å². The Kier molecular flexibility index (Phi) is 3.99. The smallest absolute Gasteiger partial charge is 0.255 e. The molecule has 0 radical (unpaired) electrons. The van der Waals surface area contributed by atoms with Gasteiger partial charge >= 0.3 is 0 Å². The standard InChI is InChI=1S/C18H22N6O/c1-12-8-20-23(10-12)11-15-5-3-4-6-24(15)18(25)14-7-16-13(2)21-22-17(16)19-9-14/h7-10,15H,3-6,11H2,1-2H3,(H,19,21,22)/t15-/m1/s1. The van der Waals surface area contributed by atoms with Crippen LogP contribution in [0.2, 0.25) is 0 Å². The Bertz CT molecular complexity index is 911. The first-order valence-electron chi connectivity index (χ1n) is 8.72. The summed E-state index contributed by atoms with van der Waals surface area (Å²) in [5.74, 6) is 0.0450. The summed E-state index contributed by atoms with van der Waals surface area (Å²) in [6.07, 6.45) is 8.71. The van der Waals surface area contributed by atoms with Crippen LogP contribution in [0.25, 0.3) is 11.0 Å². The summed E-state index contributed by atoms with van der Waals surface area (Å²) in [5.41, 5.74) is 3.34. The first-order valence-corrected chi connectivity index (χ1v) is 8.72. The predicted octanol–water partition coefficient (Wildman–Crippen LogP) is 2.47. The Morgan fingerprint density at radius 2 is 2.20 bits per heavy atom. The van der Waals surface area contributed by atoms with Crippen LogP contribution in [0.4, 0.5) is 0 Å². The van der Waals surface area contributed by atoms with E-state index >= 15 is 0 Å². The summed E-state index contributed by atoms with van der Waals surface area (Å²) >= 11 is 0. The number of nitrogens with zero attached hydrogens (tertiary/aromatic N) is 5. The van der Waals surface area contributed by atoms with E-state index in [4.69, 9.17) is 0 Å². The molecule has 1 amide bonds. The van der Waals surface area contributed by atoms with Gasteiger partial charge in [-0.15, -0.1) is 0 Å². The van der Waals surface area contributed by atoms with Crippen molar-refractivity contribution in [1.82, 2.24) is 29.9 Å². The van der Waals surface area contributed by atoms with Crippen LogP contribution in [0.15, 0.2) is 24.7 Å². The second kappa shape index (κ2) is 6.31. The van der Waals surface area contributed by atoms with Crippen molar-refractivity contribution in [1.29, 1.82) is 0 Å². The average molecular weight is 338 g/mol. The number of fused-ring (bicyclic) bond motifs is 1. The molecular formula is C18H22N6O. The Labute approximate surface area is 146 Å². The third-order valence-electron chi connectivity index (χ3n) is 4.90. The maximum Gasteiger partial charge on any atom is 0.255 e. The van der Waals surface area contributed by atoms with Gasteiger partial charge in [0.05, 0.1) is 24.3 Å². The largest absolute Gasteiger partial charge is 0.334 e. The Morgan fingerprint density at radius 3 is 3.00 bits per heavy atom. The van der Waals surface area contributed by atoms with Gasteiger partial charge in [-0.1, -0.05) is 0 Å². The average Bonchev–Trinajstić information content (AvgIpc) is 3.20.